The summed E-state index contributed by atoms with van der Waals surface area (Å²) in [5.41, 5.74) is 0. The van der Waals surface area contributed by atoms with Gasteiger partial charge < -0.3 is 9.47 Å². The van der Waals surface area contributed by atoms with Crippen LogP contribution in [0.3, 0.4) is 0 Å². The van der Waals surface area contributed by atoms with Gasteiger partial charge in [0.1, 0.15) is 5.75 Å². The van der Waals surface area contributed by atoms with Crippen LogP contribution in [0.2, 0.25) is 0 Å². The molecule has 0 spiro atoms. The number of carbonyl (C=O) groups excluding carboxylic acids is 2. The monoisotopic (exact) mass is 232 g/mol. The molecule has 1 aromatic carbocycles. The van der Waals surface area contributed by atoms with Crippen molar-refractivity contribution >= 4 is 11.9 Å². The van der Waals surface area contributed by atoms with Crippen LogP contribution in [0.1, 0.15) is 12.8 Å². The summed E-state index contributed by atoms with van der Waals surface area (Å²) >= 11 is 0. The first kappa shape index (κ1) is 12.8. The van der Waals surface area contributed by atoms with E-state index in [4.69, 9.17) is 11.2 Å². The predicted octanol–water partition coefficient (Wildman–Crippen LogP) is 1.55. The van der Waals surface area contributed by atoms with Gasteiger partial charge in [-0.15, -0.1) is 6.42 Å². The molecule has 0 aromatic heterocycles. The Morgan fingerprint density at radius 2 is 1.76 bits per heavy atom. The summed E-state index contributed by atoms with van der Waals surface area (Å²) in [6.45, 7) is -0.0768. The van der Waals surface area contributed by atoms with E-state index < -0.39 is 11.9 Å². The first-order valence-corrected chi connectivity index (χ1v) is 5.07. The zero-order valence-electron chi connectivity index (χ0n) is 9.22. The van der Waals surface area contributed by atoms with Crippen molar-refractivity contribution < 1.29 is 19.1 Å². The van der Waals surface area contributed by atoms with Crippen molar-refractivity contribution in [1.82, 2.24) is 0 Å². The average molecular weight is 232 g/mol. The van der Waals surface area contributed by atoms with Crippen LogP contribution >= 0.6 is 0 Å². The van der Waals surface area contributed by atoms with Crippen LogP contribution in [-0.4, -0.2) is 18.5 Å². The SMILES string of the molecule is C#CCOC(=O)CCC(=O)Oc1ccccc1. The van der Waals surface area contributed by atoms with Gasteiger partial charge in [0.15, 0.2) is 6.61 Å². The molecule has 0 radical (unpaired) electrons. The molecular formula is C13H12O4. The van der Waals surface area contributed by atoms with Crippen molar-refractivity contribution in [1.29, 1.82) is 0 Å². The Hall–Kier alpha value is -2.28. The lowest BCUT2D eigenvalue weighted by molar-refractivity contribution is -0.145. The minimum Gasteiger partial charge on any atom is -0.452 e. The van der Waals surface area contributed by atoms with E-state index in [1.165, 1.54) is 0 Å². The zero-order chi connectivity index (χ0) is 12.5. The van der Waals surface area contributed by atoms with Gasteiger partial charge in [-0.3, -0.25) is 9.59 Å². The Labute approximate surface area is 99.5 Å². The van der Waals surface area contributed by atoms with Crippen LogP contribution in [0, 0.1) is 12.3 Å². The highest BCUT2D eigenvalue weighted by Crippen LogP contribution is 2.09. The number of hydrogen-bond donors (Lipinski definition) is 0. The van der Waals surface area contributed by atoms with Crippen LogP contribution in [-0.2, 0) is 14.3 Å². The summed E-state index contributed by atoms with van der Waals surface area (Å²) in [7, 11) is 0. The molecule has 0 N–H and O–H groups in total. The van der Waals surface area contributed by atoms with Gasteiger partial charge >= 0.3 is 11.9 Å². The molecule has 0 atom stereocenters. The third kappa shape index (κ3) is 5.38. The fourth-order valence-corrected chi connectivity index (χ4v) is 1.07. The van der Waals surface area contributed by atoms with E-state index in [-0.39, 0.29) is 19.4 Å². The van der Waals surface area contributed by atoms with Crippen molar-refractivity contribution in [2.24, 2.45) is 0 Å². The predicted molar refractivity (Wildman–Crippen MR) is 61.1 cm³/mol. The van der Waals surface area contributed by atoms with Crippen molar-refractivity contribution in [2.45, 2.75) is 12.8 Å². The minimum absolute atomic E-state index is 0.0295. The number of esters is 2. The summed E-state index contributed by atoms with van der Waals surface area (Å²) in [6, 6.07) is 8.64. The normalized spacial score (nSPS) is 9.12. The molecule has 0 unspecified atom stereocenters. The maximum absolute atomic E-state index is 11.3. The number of terminal acetylenes is 1. The Bertz CT molecular complexity index is 417. The molecule has 17 heavy (non-hydrogen) atoms. The molecule has 0 aliphatic carbocycles. The van der Waals surface area contributed by atoms with E-state index in [2.05, 4.69) is 10.7 Å². The number of ether oxygens (including phenoxy) is 2. The third-order valence-corrected chi connectivity index (χ3v) is 1.82. The fraction of sp³-hybridized carbons (Fsp3) is 0.231. The maximum atomic E-state index is 11.3. The van der Waals surface area contributed by atoms with E-state index in [0.29, 0.717) is 5.75 Å². The summed E-state index contributed by atoms with van der Waals surface area (Å²) in [5.74, 6) is 1.64. The van der Waals surface area contributed by atoms with E-state index in [1.54, 1.807) is 24.3 Å². The lowest BCUT2D eigenvalue weighted by Crippen LogP contribution is -2.12. The standard InChI is InChI=1S/C13H12O4/c1-2-10-16-12(14)8-9-13(15)17-11-6-4-3-5-7-11/h1,3-7H,8-10H2. The lowest BCUT2D eigenvalue weighted by atomic mass is 10.3. The molecule has 0 heterocycles. The smallest absolute Gasteiger partial charge is 0.311 e. The Balaban J connectivity index is 2.27. The van der Waals surface area contributed by atoms with Crippen LogP contribution in [0.15, 0.2) is 30.3 Å². The summed E-state index contributed by atoms with van der Waals surface area (Å²) in [6.07, 6.45) is 4.85. The molecule has 1 rings (SSSR count). The highest BCUT2D eigenvalue weighted by Gasteiger charge is 2.09. The third-order valence-electron chi connectivity index (χ3n) is 1.82. The zero-order valence-corrected chi connectivity index (χ0v) is 9.22. The largest absolute Gasteiger partial charge is 0.452 e. The van der Waals surface area contributed by atoms with Gasteiger partial charge in [0.2, 0.25) is 0 Å². The van der Waals surface area contributed by atoms with Gasteiger partial charge in [-0.25, -0.2) is 0 Å². The minimum atomic E-state index is -0.507. The molecule has 0 fully saturated rings. The van der Waals surface area contributed by atoms with Gasteiger partial charge in [-0.2, -0.15) is 0 Å². The van der Waals surface area contributed by atoms with E-state index >= 15 is 0 Å². The number of rotatable bonds is 5. The van der Waals surface area contributed by atoms with Gasteiger partial charge in [0.25, 0.3) is 0 Å². The molecule has 0 aliphatic heterocycles. The molecule has 0 aliphatic rings. The molecule has 0 saturated carbocycles. The molecule has 0 bridgehead atoms. The van der Waals surface area contributed by atoms with Crippen molar-refractivity contribution in [3.05, 3.63) is 30.3 Å². The van der Waals surface area contributed by atoms with Crippen molar-refractivity contribution in [2.75, 3.05) is 6.61 Å². The van der Waals surface area contributed by atoms with Gasteiger partial charge in [0.05, 0.1) is 12.8 Å². The highest BCUT2D eigenvalue weighted by molar-refractivity contribution is 5.79. The molecule has 0 amide bonds. The topological polar surface area (TPSA) is 52.6 Å². The second-order valence-corrected chi connectivity index (χ2v) is 3.15. The average Bonchev–Trinajstić information content (AvgIpc) is 2.35. The van der Waals surface area contributed by atoms with E-state index in [9.17, 15) is 9.59 Å². The Kier molecular flexibility index (Phi) is 5.32. The number of para-hydroxylation sites is 1. The summed E-state index contributed by atoms with van der Waals surface area (Å²) in [4.78, 5) is 22.4. The molecular weight excluding hydrogens is 220 g/mol. The molecule has 4 heteroatoms. The van der Waals surface area contributed by atoms with Crippen LogP contribution in [0.25, 0.3) is 0 Å². The van der Waals surface area contributed by atoms with Gasteiger partial charge in [-0.1, -0.05) is 24.1 Å². The molecule has 4 nitrogen and oxygen atoms in total. The quantitative estimate of drug-likeness (QED) is 0.439. The maximum Gasteiger partial charge on any atom is 0.311 e. The molecule has 1 aromatic rings. The van der Waals surface area contributed by atoms with E-state index in [0.717, 1.165) is 0 Å². The fourth-order valence-electron chi connectivity index (χ4n) is 1.07. The first-order chi connectivity index (χ1) is 8.22. The summed E-state index contributed by atoms with van der Waals surface area (Å²) in [5, 5.41) is 0. The second kappa shape index (κ2) is 7.07. The number of benzene rings is 1. The Morgan fingerprint density at radius 1 is 1.12 bits per heavy atom. The van der Waals surface area contributed by atoms with Crippen molar-refractivity contribution in [3.63, 3.8) is 0 Å². The van der Waals surface area contributed by atoms with Gasteiger partial charge in [0, 0.05) is 0 Å². The summed E-state index contributed by atoms with van der Waals surface area (Å²) < 4.78 is 9.59. The van der Waals surface area contributed by atoms with Crippen LogP contribution < -0.4 is 4.74 Å². The second-order valence-electron chi connectivity index (χ2n) is 3.15. The Morgan fingerprint density at radius 3 is 2.41 bits per heavy atom. The highest BCUT2D eigenvalue weighted by atomic mass is 16.5. The lowest BCUT2D eigenvalue weighted by Gasteiger charge is -2.03. The van der Waals surface area contributed by atoms with Crippen molar-refractivity contribution in [3.8, 4) is 18.1 Å². The number of hydrogen-bond acceptors (Lipinski definition) is 4. The number of carbonyl (C=O) groups is 2. The first-order valence-electron chi connectivity index (χ1n) is 5.07. The molecule has 0 saturated heterocycles. The van der Waals surface area contributed by atoms with Crippen LogP contribution in [0.5, 0.6) is 5.75 Å². The van der Waals surface area contributed by atoms with Crippen LogP contribution in [0.4, 0.5) is 0 Å². The molecule has 88 valence electrons. The van der Waals surface area contributed by atoms with Gasteiger partial charge in [-0.05, 0) is 12.1 Å². The van der Waals surface area contributed by atoms with E-state index in [1.807, 2.05) is 6.07 Å².